The van der Waals surface area contributed by atoms with Gasteiger partial charge in [0.1, 0.15) is 5.75 Å². The van der Waals surface area contributed by atoms with Crippen molar-refractivity contribution in [3.63, 3.8) is 0 Å². The SMILES string of the molecule is COc1ccc(C(=O)c2ccc(Cl)c(Br)c2)cc1Cl. The molecular formula is C14H9BrCl2O2. The third kappa shape index (κ3) is 3.11. The van der Waals surface area contributed by atoms with E-state index in [-0.39, 0.29) is 5.78 Å². The summed E-state index contributed by atoms with van der Waals surface area (Å²) >= 11 is 15.2. The number of carbonyl (C=O) groups excluding carboxylic acids is 1. The van der Waals surface area contributed by atoms with Crippen LogP contribution in [0.5, 0.6) is 5.75 Å². The molecule has 0 radical (unpaired) electrons. The average molecular weight is 360 g/mol. The molecule has 0 unspecified atom stereocenters. The summed E-state index contributed by atoms with van der Waals surface area (Å²) in [6.07, 6.45) is 0. The molecule has 0 saturated carbocycles. The standard InChI is InChI=1S/C14H9BrCl2O2/c1-19-13-5-3-9(7-12(13)17)14(18)8-2-4-11(16)10(15)6-8/h2-7H,1H3. The van der Waals surface area contributed by atoms with Crippen molar-refractivity contribution in [1.29, 1.82) is 0 Å². The molecule has 0 aliphatic rings. The molecule has 0 saturated heterocycles. The molecule has 0 fully saturated rings. The van der Waals surface area contributed by atoms with Crippen molar-refractivity contribution in [2.75, 3.05) is 7.11 Å². The summed E-state index contributed by atoms with van der Waals surface area (Å²) in [7, 11) is 1.53. The lowest BCUT2D eigenvalue weighted by Crippen LogP contribution is -2.01. The van der Waals surface area contributed by atoms with Gasteiger partial charge in [0, 0.05) is 15.6 Å². The molecule has 0 aromatic heterocycles. The van der Waals surface area contributed by atoms with Crippen LogP contribution in [0, 0.1) is 0 Å². The predicted molar refractivity (Wildman–Crippen MR) is 80.6 cm³/mol. The van der Waals surface area contributed by atoms with Crippen LogP contribution < -0.4 is 4.74 Å². The fourth-order valence-corrected chi connectivity index (χ4v) is 2.37. The molecule has 0 N–H and O–H groups in total. The summed E-state index contributed by atoms with van der Waals surface area (Å²) in [6, 6.07) is 9.96. The van der Waals surface area contributed by atoms with Crippen LogP contribution in [0.25, 0.3) is 0 Å². The van der Waals surface area contributed by atoms with E-state index in [0.29, 0.717) is 31.4 Å². The topological polar surface area (TPSA) is 26.3 Å². The Balaban J connectivity index is 2.38. The van der Waals surface area contributed by atoms with Crippen molar-refractivity contribution in [2.24, 2.45) is 0 Å². The van der Waals surface area contributed by atoms with Gasteiger partial charge in [0.25, 0.3) is 0 Å². The third-order valence-corrected chi connectivity index (χ3v) is 4.11. The minimum Gasteiger partial charge on any atom is -0.495 e. The van der Waals surface area contributed by atoms with E-state index in [1.54, 1.807) is 36.4 Å². The highest BCUT2D eigenvalue weighted by atomic mass is 79.9. The molecule has 5 heteroatoms. The number of methoxy groups -OCH3 is 1. The average Bonchev–Trinajstić information content (AvgIpc) is 2.41. The lowest BCUT2D eigenvalue weighted by molar-refractivity contribution is 0.103. The number of carbonyl (C=O) groups is 1. The van der Waals surface area contributed by atoms with Gasteiger partial charge < -0.3 is 4.74 Å². The second-order valence-electron chi connectivity index (χ2n) is 3.81. The van der Waals surface area contributed by atoms with E-state index < -0.39 is 0 Å². The third-order valence-electron chi connectivity index (χ3n) is 2.60. The Labute approximate surface area is 129 Å². The number of hydrogen-bond donors (Lipinski definition) is 0. The lowest BCUT2D eigenvalue weighted by Gasteiger charge is -2.06. The van der Waals surface area contributed by atoms with Crippen LogP contribution in [0.1, 0.15) is 15.9 Å². The number of halogens is 3. The maximum atomic E-state index is 12.3. The summed E-state index contributed by atoms with van der Waals surface area (Å²) in [5.74, 6) is 0.414. The van der Waals surface area contributed by atoms with Gasteiger partial charge in [0.2, 0.25) is 0 Å². The summed E-state index contributed by atoms with van der Waals surface area (Å²) in [4.78, 5) is 12.3. The molecule has 19 heavy (non-hydrogen) atoms. The highest BCUT2D eigenvalue weighted by Gasteiger charge is 2.12. The van der Waals surface area contributed by atoms with E-state index >= 15 is 0 Å². The first-order chi connectivity index (χ1) is 9.02. The fraction of sp³-hybridized carbons (Fsp3) is 0.0714. The fourth-order valence-electron chi connectivity index (χ4n) is 1.61. The van der Waals surface area contributed by atoms with Crippen molar-refractivity contribution < 1.29 is 9.53 Å². The van der Waals surface area contributed by atoms with Crippen LogP contribution >= 0.6 is 39.1 Å². The van der Waals surface area contributed by atoms with Gasteiger partial charge in [-0.15, -0.1) is 0 Å². The van der Waals surface area contributed by atoms with Crippen LogP contribution in [0.3, 0.4) is 0 Å². The Hall–Kier alpha value is -1.03. The molecule has 2 aromatic carbocycles. The van der Waals surface area contributed by atoms with Crippen LogP contribution in [0.15, 0.2) is 40.9 Å². The van der Waals surface area contributed by atoms with E-state index in [2.05, 4.69) is 15.9 Å². The molecule has 0 atom stereocenters. The number of ketones is 1. The molecule has 98 valence electrons. The molecule has 0 spiro atoms. The number of benzene rings is 2. The van der Waals surface area contributed by atoms with Gasteiger partial charge in [0.15, 0.2) is 5.78 Å². The van der Waals surface area contributed by atoms with Crippen LogP contribution in [0.2, 0.25) is 10.0 Å². The van der Waals surface area contributed by atoms with Crippen molar-refractivity contribution in [3.8, 4) is 5.75 Å². The zero-order valence-electron chi connectivity index (χ0n) is 9.91. The molecule has 0 heterocycles. The van der Waals surface area contributed by atoms with Crippen molar-refractivity contribution in [2.45, 2.75) is 0 Å². The van der Waals surface area contributed by atoms with Crippen LogP contribution in [0.4, 0.5) is 0 Å². The van der Waals surface area contributed by atoms with E-state index in [0.717, 1.165) is 0 Å². The minimum absolute atomic E-state index is 0.123. The maximum absolute atomic E-state index is 12.3. The van der Waals surface area contributed by atoms with Crippen molar-refractivity contribution in [1.82, 2.24) is 0 Å². The van der Waals surface area contributed by atoms with E-state index in [4.69, 9.17) is 27.9 Å². The molecule has 0 amide bonds. The molecule has 2 nitrogen and oxygen atoms in total. The van der Waals surface area contributed by atoms with E-state index in [1.807, 2.05) is 0 Å². The molecule has 0 aliphatic heterocycles. The summed E-state index contributed by atoms with van der Waals surface area (Å²) in [5.41, 5.74) is 1.04. The highest BCUT2D eigenvalue weighted by molar-refractivity contribution is 9.10. The Morgan fingerprint density at radius 1 is 1.05 bits per heavy atom. The van der Waals surface area contributed by atoms with E-state index in [1.165, 1.54) is 7.11 Å². The second kappa shape index (κ2) is 5.95. The Bertz CT molecular complexity index is 641. The van der Waals surface area contributed by atoms with Crippen LogP contribution in [-0.2, 0) is 0 Å². The Morgan fingerprint density at radius 2 is 1.68 bits per heavy atom. The number of hydrogen-bond acceptors (Lipinski definition) is 2. The molecule has 0 aliphatic carbocycles. The van der Waals surface area contributed by atoms with Crippen molar-refractivity contribution in [3.05, 3.63) is 62.0 Å². The smallest absolute Gasteiger partial charge is 0.193 e. The van der Waals surface area contributed by atoms with Gasteiger partial charge in [-0.05, 0) is 52.3 Å². The Kier molecular flexibility index (Phi) is 4.50. The largest absolute Gasteiger partial charge is 0.495 e. The monoisotopic (exact) mass is 358 g/mol. The van der Waals surface area contributed by atoms with Gasteiger partial charge >= 0.3 is 0 Å². The summed E-state index contributed by atoms with van der Waals surface area (Å²) < 4.78 is 5.73. The molecular weight excluding hydrogens is 351 g/mol. The van der Waals surface area contributed by atoms with Gasteiger partial charge in [-0.25, -0.2) is 0 Å². The zero-order chi connectivity index (χ0) is 14.0. The van der Waals surface area contributed by atoms with E-state index in [9.17, 15) is 4.79 Å². The quantitative estimate of drug-likeness (QED) is 0.721. The number of rotatable bonds is 3. The zero-order valence-corrected chi connectivity index (χ0v) is 13.0. The first kappa shape index (κ1) is 14.4. The normalized spacial score (nSPS) is 10.3. The van der Waals surface area contributed by atoms with Crippen molar-refractivity contribution >= 4 is 44.9 Å². The number of ether oxygens (including phenoxy) is 1. The van der Waals surface area contributed by atoms with Gasteiger partial charge in [0.05, 0.1) is 17.2 Å². The summed E-state index contributed by atoms with van der Waals surface area (Å²) in [6.45, 7) is 0. The second-order valence-corrected chi connectivity index (χ2v) is 5.48. The molecule has 2 aromatic rings. The highest BCUT2D eigenvalue weighted by Crippen LogP contribution is 2.28. The predicted octanol–water partition coefficient (Wildman–Crippen LogP) is 5.00. The molecule has 0 bridgehead atoms. The van der Waals surface area contributed by atoms with Crippen LogP contribution in [-0.4, -0.2) is 12.9 Å². The first-order valence-electron chi connectivity index (χ1n) is 5.36. The van der Waals surface area contributed by atoms with Gasteiger partial charge in [-0.2, -0.15) is 0 Å². The maximum Gasteiger partial charge on any atom is 0.193 e. The van der Waals surface area contributed by atoms with Gasteiger partial charge in [-0.1, -0.05) is 23.2 Å². The van der Waals surface area contributed by atoms with Gasteiger partial charge in [-0.3, -0.25) is 4.79 Å². The molecule has 2 rings (SSSR count). The lowest BCUT2D eigenvalue weighted by atomic mass is 10.0. The minimum atomic E-state index is -0.123. The summed E-state index contributed by atoms with van der Waals surface area (Å²) in [5, 5.41) is 0.964. The first-order valence-corrected chi connectivity index (χ1v) is 6.91. The Morgan fingerprint density at radius 3 is 2.26 bits per heavy atom.